The number of aryl methyl sites for hydroxylation is 1. The Bertz CT molecular complexity index is 971. The maximum Gasteiger partial charge on any atom is 0.255 e. The van der Waals surface area contributed by atoms with E-state index in [0.717, 1.165) is 18.5 Å². The summed E-state index contributed by atoms with van der Waals surface area (Å²) in [7, 11) is 1.68. The normalized spacial score (nSPS) is 11.1. The number of aromatic nitrogens is 2. The van der Waals surface area contributed by atoms with Crippen molar-refractivity contribution in [2.24, 2.45) is 0 Å². The molecule has 0 spiro atoms. The van der Waals surface area contributed by atoms with Crippen molar-refractivity contribution in [1.82, 2.24) is 14.5 Å². The second kappa shape index (κ2) is 7.64. The fourth-order valence-corrected chi connectivity index (χ4v) is 3.27. The third-order valence-corrected chi connectivity index (χ3v) is 4.69. The van der Waals surface area contributed by atoms with E-state index in [9.17, 15) is 9.18 Å². The Hall–Kier alpha value is -2.11. The van der Waals surface area contributed by atoms with E-state index in [1.165, 1.54) is 17.0 Å². The summed E-state index contributed by atoms with van der Waals surface area (Å²) in [6.45, 7) is 3.06. The smallest absolute Gasteiger partial charge is 0.255 e. The topological polar surface area (TPSA) is 38.1 Å². The summed E-state index contributed by atoms with van der Waals surface area (Å²) < 4.78 is 15.5. The molecule has 0 aliphatic heterocycles. The highest BCUT2D eigenvalue weighted by Gasteiger charge is 2.19. The highest BCUT2D eigenvalue weighted by atomic mass is 35.5. The molecule has 0 bridgehead atoms. The van der Waals surface area contributed by atoms with Crippen molar-refractivity contribution in [3.63, 3.8) is 0 Å². The van der Waals surface area contributed by atoms with E-state index in [1.807, 2.05) is 4.57 Å². The highest BCUT2D eigenvalue weighted by molar-refractivity contribution is 6.35. The van der Waals surface area contributed by atoms with Crippen LogP contribution in [0.2, 0.25) is 10.0 Å². The van der Waals surface area contributed by atoms with Crippen LogP contribution in [0.5, 0.6) is 0 Å². The molecule has 26 heavy (non-hydrogen) atoms. The van der Waals surface area contributed by atoms with Crippen LogP contribution < -0.4 is 0 Å². The summed E-state index contributed by atoms with van der Waals surface area (Å²) in [5, 5.41) is 0.787. The van der Waals surface area contributed by atoms with Crippen molar-refractivity contribution < 1.29 is 9.18 Å². The summed E-state index contributed by atoms with van der Waals surface area (Å²) in [6.07, 6.45) is 0.896. The van der Waals surface area contributed by atoms with Crippen LogP contribution in [0.4, 0.5) is 4.39 Å². The fourth-order valence-electron chi connectivity index (χ4n) is 2.90. The molecule has 1 amide bonds. The molecule has 4 nitrogen and oxygen atoms in total. The molecule has 0 fully saturated rings. The van der Waals surface area contributed by atoms with E-state index in [1.54, 1.807) is 31.3 Å². The zero-order valence-corrected chi connectivity index (χ0v) is 16.0. The van der Waals surface area contributed by atoms with E-state index in [4.69, 9.17) is 23.2 Å². The van der Waals surface area contributed by atoms with Gasteiger partial charge in [-0.3, -0.25) is 4.79 Å². The lowest BCUT2D eigenvalue weighted by molar-refractivity contribution is 0.0780. The summed E-state index contributed by atoms with van der Waals surface area (Å²) in [4.78, 5) is 18.8. The molecule has 0 radical (unpaired) electrons. The van der Waals surface area contributed by atoms with Gasteiger partial charge in [-0.25, -0.2) is 9.37 Å². The van der Waals surface area contributed by atoms with E-state index in [-0.39, 0.29) is 18.3 Å². The molecule has 0 aliphatic rings. The van der Waals surface area contributed by atoms with Crippen LogP contribution in [-0.4, -0.2) is 27.4 Å². The molecule has 0 saturated carbocycles. The minimum absolute atomic E-state index is 0.251. The number of fused-ring (bicyclic) bond motifs is 1. The SMILES string of the molecule is CCCn1c(CN(C)C(=O)c2cc(Cl)ccc2Cl)nc2cc(F)ccc21. The minimum Gasteiger partial charge on any atom is -0.334 e. The number of nitrogens with zero attached hydrogens (tertiary/aromatic N) is 3. The third kappa shape index (κ3) is 3.69. The maximum absolute atomic E-state index is 13.5. The number of imidazole rings is 1. The number of carbonyl (C=O) groups excluding carboxylic acids is 1. The summed E-state index contributed by atoms with van der Waals surface area (Å²) in [5.41, 5.74) is 1.77. The van der Waals surface area contributed by atoms with E-state index >= 15 is 0 Å². The summed E-state index contributed by atoms with van der Waals surface area (Å²) >= 11 is 12.1. The Morgan fingerprint density at radius 3 is 2.73 bits per heavy atom. The van der Waals surface area contributed by atoms with E-state index < -0.39 is 0 Å². The molecular weight excluding hydrogens is 376 g/mol. The van der Waals surface area contributed by atoms with Crippen molar-refractivity contribution in [1.29, 1.82) is 0 Å². The lowest BCUT2D eigenvalue weighted by Crippen LogP contribution is -2.28. The van der Waals surface area contributed by atoms with E-state index in [2.05, 4.69) is 11.9 Å². The number of hydrogen-bond donors (Lipinski definition) is 0. The number of benzene rings is 2. The number of hydrogen-bond acceptors (Lipinski definition) is 2. The Morgan fingerprint density at radius 1 is 1.23 bits per heavy atom. The maximum atomic E-state index is 13.5. The molecule has 3 rings (SSSR count). The molecule has 136 valence electrons. The first-order valence-electron chi connectivity index (χ1n) is 8.26. The van der Waals surface area contributed by atoms with Gasteiger partial charge in [-0.05, 0) is 36.8 Å². The van der Waals surface area contributed by atoms with Gasteiger partial charge in [0.1, 0.15) is 11.6 Å². The first-order valence-corrected chi connectivity index (χ1v) is 9.01. The average molecular weight is 394 g/mol. The fraction of sp³-hybridized carbons (Fsp3) is 0.263. The standard InChI is InChI=1S/C19H18Cl2FN3O/c1-3-8-25-17-7-5-13(22)10-16(17)23-18(25)11-24(2)19(26)14-9-12(20)4-6-15(14)21/h4-7,9-10H,3,8,11H2,1-2H3. The molecule has 3 aromatic rings. The molecule has 7 heteroatoms. The predicted molar refractivity (Wildman–Crippen MR) is 102 cm³/mol. The molecule has 0 unspecified atom stereocenters. The first kappa shape index (κ1) is 18.7. The number of halogens is 3. The van der Waals surface area contributed by atoms with Crippen LogP contribution in [-0.2, 0) is 13.1 Å². The van der Waals surface area contributed by atoms with Gasteiger partial charge in [-0.2, -0.15) is 0 Å². The van der Waals surface area contributed by atoms with Gasteiger partial charge in [0.15, 0.2) is 0 Å². The van der Waals surface area contributed by atoms with Gasteiger partial charge < -0.3 is 9.47 Å². The minimum atomic E-state index is -0.333. The van der Waals surface area contributed by atoms with E-state index in [0.29, 0.717) is 26.9 Å². The van der Waals surface area contributed by atoms with Crippen molar-refractivity contribution >= 4 is 40.1 Å². The van der Waals surface area contributed by atoms with Gasteiger partial charge in [0, 0.05) is 24.7 Å². The van der Waals surface area contributed by atoms with Crippen LogP contribution in [0.15, 0.2) is 36.4 Å². The van der Waals surface area contributed by atoms with Gasteiger partial charge in [-0.1, -0.05) is 30.1 Å². The molecule has 0 N–H and O–H groups in total. The molecule has 2 aromatic carbocycles. The van der Waals surface area contributed by atoms with Crippen LogP contribution in [0, 0.1) is 5.82 Å². The monoisotopic (exact) mass is 393 g/mol. The van der Waals surface area contributed by atoms with Crippen molar-refractivity contribution in [3.05, 3.63) is 63.6 Å². The van der Waals surface area contributed by atoms with Crippen molar-refractivity contribution in [2.45, 2.75) is 26.4 Å². The quantitative estimate of drug-likeness (QED) is 0.599. The van der Waals surface area contributed by atoms with Crippen LogP contribution in [0.25, 0.3) is 11.0 Å². The Morgan fingerprint density at radius 2 is 2.00 bits per heavy atom. The molecular formula is C19H18Cl2FN3O. The molecule has 1 heterocycles. The number of amides is 1. The van der Waals surface area contributed by atoms with Crippen molar-refractivity contribution in [3.8, 4) is 0 Å². The summed E-state index contributed by atoms with van der Waals surface area (Å²) in [5.74, 6) is 0.112. The van der Waals surface area contributed by atoms with Crippen molar-refractivity contribution in [2.75, 3.05) is 7.05 Å². The molecule has 0 aliphatic carbocycles. The number of carbonyl (C=O) groups is 1. The first-order chi connectivity index (χ1) is 12.4. The Labute approximate surface area is 161 Å². The zero-order valence-electron chi connectivity index (χ0n) is 14.5. The lowest BCUT2D eigenvalue weighted by Gasteiger charge is -2.18. The summed E-state index contributed by atoms with van der Waals surface area (Å²) in [6, 6.07) is 9.32. The van der Waals surface area contributed by atoms with Gasteiger partial charge in [0.05, 0.1) is 28.2 Å². The third-order valence-electron chi connectivity index (χ3n) is 4.12. The van der Waals surface area contributed by atoms with Gasteiger partial charge in [-0.15, -0.1) is 0 Å². The van der Waals surface area contributed by atoms with Gasteiger partial charge in [0.2, 0.25) is 0 Å². The average Bonchev–Trinajstić information content (AvgIpc) is 2.93. The predicted octanol–water partition coefficient (Wildman–Crippen LogP) is 5.16. The van der Waals surface area contributed by atoms with Crippen LogP contribution in [0.1, 0.15) is 29.5 Å². The molecule has 0 saturated heterocycles. The largest absolute Gasteiger partial charge is 0.334 e. The van der Waals surface area contributed by atoms with Gasteiger partial charge >= 0.3 is 0 Å². The Kier molecular flexibility index (Phi) is 5.49. The van der Waals surface area contributed by atoms with Crippen LogP contribution >= 0.6 is 23.2 Å². The Balaban J connectivity index is 1.93. The zero-order chi connectivity index (χ0) is 18.8. The van der Waals surface area contributed by atoms with Crippen LogP contribution in [0.3, 0.4) is 0 Å². The highest BCUT2D eigenvalue weighted by Crippen LogP contribution is 2.23. The molecule has 1 aromatic heterocycles. The lowest BCUT2D eigenvalue weighted by atomic mass is 10.2. The second-order valence-corrected chi connectivity index (χ2v) is 6.94. The molecule has 0 atom stereocenters. The second-order valence-electron chi connectivity index (χ2n) is 6.10. The number of rotatable bonds is 5. The van der Waals surface area contributed by atoms with Gasteiger partial charge in [0.25, 0.3) is 5.91 Å².